The van der Waals surface area contributed by atoms with Crippen molar-refractivity contribution >= 4 is 17.3 Å². The fraction of sp³-hybridized carbons (Fsp3) is 0.167. The molecule has 2 heterocycles. The van der Waals surface area contributed by atoms with E-state index in [0.717, 1.165) is 5.69 Å². The summed E-state index contributed by atoms with van der Waals surface area (Å²) >= 11 is 0. The van der Waals surface area contributed by atoms with Crippen LogP contribution in [0.15, 0.2) is 54.9 Å². The smallest absolute Gasteiger partial charge is 0.163 e. The van der Waals surface area contributed by atoms with Gasteiger partial charge in [0.1, 0.15) is 17.5 Å². The van der Waals surface area contributed by atoms with Gasteiger partial charge in [0.05, 0.1) is 0 Å². The van der Waals surface area contributed by atoms with Crippen LogP contribution in [0.4, 0.5) is 21.7 Å². The fourth-order valence-corrected chi connectivity index (χ4v) is 2.22. The summed E-state index contributed by atoms with van der Waals surface area (Å²) < 4.78 is 13.5. The third-order valence-corrected chi connectivity index (χ3v) is 3.20. The van der Waals surface area contributed by atoms with Gasteiger partial charge in [-0.25, -0.2) is 14.4 Å². The molecule has 0 atom stereocenters. The highest BCUT2D eigenvalue weighted by atomic mass is 19.1. The number of aromatic nitrogens is 3. The van der Waals surface area contributed by atoms with Crippen molar-refractivity contribution in [3.05, 3.63) is 60.7 Å². The molecule has 5 nitrogen and oxygen atoms in total. The predicted molar refractivity (Wildman–Crippen MR) is 93.7 cm³/mol. The third-order valence-electron chi connectivity index (χ3n) is 3.20. The van der Waals surface area contributed by atoms with E-state index in [2.05, 4.69) is 25.6 Å². The summed E-state index contributed by atoms with van der Waals surface area (Å²) in [6.07, 6.45) is 3.40. The summed E-state index contributed by atoms with van der Waals surface area (Å²) in [5.41, 5.74) is 1.49. The van der Waals surface area contributed by atoms with Gasteiger partial charge >= 0.3 is 0 Å². The van der Waals surface area contributed by atoms with Gasteiger partial charge in [0.15, 0.2) is 5.82 Å². The molecule has 0 saturated carbocycles. The Morgan fingerprint density at radius 1 is 0.958 bits per heavy atom. The molecular weight excluding hydrogens is 305 g/mol. The maximum Gasteiger partial charge on any atom is 0.163 e. The van der Waals surface area contributed by atoms with Gasteiger partial charge in [-0.1, -0.05) is 12.1 Å². The number of nitrogens with one attached hydrogen (secondary N) is 2. The van der Waals surface area contributed by atoms with Crippen LogP contribution in [0.1, 0.15) is 13.8 Å². The van der Waals surface area contributed by atoms with E-state index in [0.29, 0.717) is 23.0 Å². The molecule has 0 amide bonds. The van der Waals surface area contributed by atoms with Crippen molar-refractivity contribution in [2.45, 2.75) is 19.9 Å². The highest BCUT2D eigenvalue weighted by molar-refractivity contribution is 5.65. The molecule has 0 aliphatic heterocycles. The van der Waals surface area contributed by atoms with Gasteiger partial charge in [-0.2, -0.15) is 0 Å². The molecule has 0 radical (unpaired) electrons. The third kappa shape index (κ3) is 4.04. The second kappa shape index (κ2) is 7.04. The Balaban J connectivity index is 2.00. The zero-order valence-electron chi connectivity index (χ0n) is 13.5. The van der Waals surface area contributed by atoms with Crippen molar-refractivity contribution in [3.8, 4) is 11.4 Å². The van der Waals surface area contributed by atoms with Gasteiger partial charge < -0.3 is 10.6 Å². The average molecular weight is 323 g/mol. The van der Waals surface area contributed by atoms with E-state index >= 15 is 0 Å². The van der Waals surface area contributed by atoms with E-state index in [-0.39, 0.29) is 11.9 Å². The quantitative estimate of drug-likeness (QED) is 0.735. The lowest BCUT2D eigenvalue weighted by atomic mass is 10.2. The van der Waals surface area contributed by atoms with Crippen LogP contribution in [-0.2, 0) is 0 Å². The normalized spacial score (nSPS) is 10.7. The van der Waals surface area contributed by atoms with Crippen LogP contribution >= 0.6 is 0 Å². The van der Waals surface area contributed by atoms with Gasteiger partial charge in [-0.05, 0) is 38.1 Å². The van der Waals surface area contributed by atoms with Crippen molar-refractivity contribution in [1.29, 1.82) is 0 Å². The molecule has 0 aliphatic carbocycles. The van der Waals surface area contributed by atoms with Crippen molar-refractivity contribution in [2.24, 2.45) is 0 Å². The highest BCUT2D eigenvalue weighted by Gasteiger charge is 2.09. The maximum absolute atomic E-state index is 13.5. The molecule has 0 saturated heterocycles. The SMILES string of the molecule is CC(C)Nc1cc(Nc2ccncc2)nc(-c2cccc(F)c2)n1. The first-order valence-corrected chi connectivity index (χ1v) is 7.69. The first-order valence-electron chi connectivity index (χ1n) is 7.69. The molecule has 0 fully saturated rings. The lowest BCUT2D eigenvalue weighted by Gasteiger charge is -2.13. The van der Waals surface area contributed by atoms with Gasteiger partial charge in [0.2, 0.25) is 0 Å². The van der Waals surface area contributed by atoms with E-state index in [1.54, 1.807) is 24.5 Å². The minimum Gasteiger partial charge on any atom is -0.368 e. The van der Waals surface area contributed by atoms with E-state index < -0.39 is 0 Å². The van der Waals surface area contributed by atoms with Crippen molar-refractivity contribution in [2.75, 3.05) is 10.6 Å². The van der Waals surface area contributed by atoms with E-state index in [4.69, 9.17) is 0 Å². The number of halogens is 1. The highest BCUT2D eigenvalue weighted by Crippen LogP contribution is 2.23. The monoisotopic (exact) mass is 323 g/mol. The van der Waals surface area contributed by atoms with E-state index in [1.165, 1.54) is 12.1 Å². The largest absolute Gasteiger partial charge is 0.368 e. The lowest BCUT2D eigenvalue weighted by Crippen LogP contribution is -2.12. The van der Waals surface area contributed by atoms with Gasteiger partial charge in [0, 0.05) is 35.8 Å². The summed E-state index contributed by atoms with van der Waals surface area (Å²) in [5.74, 6) is 1.44. The maximum atomic E-state index is 13.5. The number of hydrogen-bond donors (Lipinski definition) is 2. The number of anilines is 3. The molecule has 24 heavy (non-hydrogen) atoms. The van der Waals surface area contributed by atoms with Gasteiger partial charge in [-0.3, -0.25) is 4.98 Å². The van der Waals surface area contributed by atoms with Crippen LogP contribution < -0.4 is 10.6 Å². The van der Waals surface area contributed by atoms with Gasteiger partial charge in [-0.15, -0.1) is 0 Å². The first-order chi connectivity index (χ1) is 11.6. The molecule has 0 unspecified atom stereocenters. The minimum absolute atomic E-state index is 0.217. The Morgan fingerprint density at radius 2 is 1.71 bits per heavy atom. The van der Waals surface area contributed by atoms with Crippen LogP contribution in [0.3, 0.4) is 0 Å². The number of rotatable bonds is 5. The molecule has 0 spiro atoms. The standard InChI is InChI=1S/C18H18FN5/c1-12(2)21-16-11-17(22-15-6-8-20-9-7-15)24-18(23-16)13-4-3-5-14(19)10-13/h3-12H,1-2H3,(H2,20,21,22,23,24). The molecule has 0 bridgehead atoms. The zero-order chi connectivity index (χ0) is 16.9. The summed E-state index contributed by atoms with van der Waals surface area (Å²) in [5, 5.41) is 6.48. The van der Waals surface area contributed by atoms with Crippen molar-refractivity contribution < 1.29 is 4.39 Å². The lowest BCUT2D eigenvalue weighted by molar-refractivity contribution is 0.628. The van der Waals surface area contributed by atoms with E-state index in [9.17, 15) is 4.39 Å². The van der Waals surface area contributed by atoms with Gasteiger partial charge in [0.25, 0.3) is 0 Å². The Hall–Kier alpha value is -3.02. The van der Waals surface area contributed by atoms with Crippen molar-refractivity contribution in [3.63, 3.8) is 0 Å². The van der Waals surface area contributed by atoms with Crippen LogP contribution in [0.2, 0.25) is 0 Å². The minimum atomic E-state index is -0.318. The summed E-state index contributed by atoms with van der Waals surface area (Å²) in [6.45, 7) is 4.06. The molecule has 6 heteroatoms. The second-order valence-corrected chi connectivity index (χ2v) is 5.63. The van der Waals surface area contributed by atoms with Crippen LogP contribution in [-0.4, -0.2) is 21.0 Å². The summed E-state index contributed by atoms with van der Waals surface area (Å²) in [4.78, 5) is 13.0. The Bertz CT molecular complexity index is 821. The summed E-state index contributed by atoms with van der Waals surface area (Å²) in [6, 6.07) is 12.0. The Morgan fingerprint density at radius 3 is 2.42 bits per heavy atom. The van der Waals surface area contributed by atoms with Crippen LogP contribution in [0.5, 0.6) is 0 Å². The second-order valence-electron chi connectivity index (χ2n) is 5.63. The van der Waals surface area contributed by atoms with E-state index in [1.807, 2.05) is 32.0 Å². The molecule has 2 N–H and O–H groups in total. The molecule has 3 rings (SSSR count). The number of benzene rings is 1. The van der Waals surface area contributed by atoms with Crippen LogP contribution in [0.25, 0.3) is 11.4 Å². The molecule has 1 aromatic carbocycles. The fourth-order valence-electron chi connectivity index (χ4n) is 2.22. The van der Waals surface area contributed by atoms with Crippen molar-refractivity contribution in [1.82, 2.24) is 15.0 Å². The number of pyridine rings is 1. The number of hydrogen-bond acceptors (Lipinski definition) is 5. The molecule has 122 valence electrons. The zero-order valence-corrected chi connectivity index (χ0v) is 13.5. The molecular formula is C18H18FN5. The van der Waals surface area contributed by atoms with Crippen LogP contribution in [0, 0.1) is 5.82 Å². The molecule has 3 aromatic rings. The summed E-state index contributed by atoms with van der Waals surface area (Å²) in [7, 11) is 0. The predicted octanol–water partition coefficient (Wildman–Crippen LogP) is 4.24. The molecule has 2 aromatic heterocycles. The first kappa shape index (κ1) is 15.9. The topological polar surface area (TPSA) is 62.7 Å². The Labute approximate surface area is 140 Å². The Kier molecular flexibility index (Phi) is 4.65. The number of nitrogens with zero attached hydrogens (tertiary/aromatic N) is 3. The molecule has 0 aliphatic rings. The average Bonchev–Trinajstić information content (AvgIpc) is 2.55.